The van der Waals surface area contributed by atoms with Gasteiger partial charge in [0, 0.05) is 16.1 Å². The second-order valence-corrected chi connectivity index (χ2v) is 6.91. The highest BCUT2D eigenvalue weighted by Crippen LogP contribution is 2.21. The number of halogens is 1. The van der Waals surface area contributed by atoms with Crippen LogP contribution < -0.4 is 5.32 Å². The number of esters is 1. The zero-order chi connectivity index (χ0) is 19.8. The van der Waals surface area contributed by atoms with Crippen LogP contribution in [0, 0.1) is 5.82 Å². The third-order valence-electron chi connectivity index (χ3n) is 3.83. The Balaban J connectivity index is 1.47. The van der Waals surface area contributed by atoms with Crippen LogP contribution >= 0.6 is 11.8 Å². The van der Waals surface area contributed by atoms with Gasteiger partial charge in [-0.05, 0) is 42.0 Å². The Kier molecular flexibility index (Phi) is 6.81. The molecule has 142 valence electrons. The number of ether oxygens (including phenoxy) is 1. The van der Waals surface area contributed by atoms with Gasteiger partial charge in [-0.2, -0.15) is 0 Å². The minimum absolute atomic E-state index is 0.0263. The third-order valence-corrected chi connectivity index (χ3v) is 4.85. The molecule has 0 aliphatic rings. The van der Waals surface area contributed by atoms with Crippen molar-refractivity contribution in [3.63, 3.8) is 0 Å². The first-order valence-corrected chi connectivity index (χ1v) is 9.58. The van der Waals surface area contributed by atoms with Crippen molar-refractivity contribution in [2.24, 2.45) is 0 Å². The molecule has 4 nitrogen and oxygen atoms in total. The highest BCUT2D eigenvalue weighted by atomic mass is 32.2. The van der Waals surface area contributed by atoms with Gasteiger partial charge in [0.15, 0.2) is 0 Å². The van der Waals surface area contributed by atoms with E-state index in [1.807, 2.05) is 30.3 Å². The molecule has 0 spiro atoms. The van der Waals surface area contributed by atoms with Crippen LogP contribution in [0.4, 0.5) is 10.1 Å². The van der Waals surface area contributed by atoms with Gasteiger partial charge in [0.1, 0.15) is 12.4 Å². The van der Waals surface area contributed by atoms with Crippen LogP contribution in [0.2, 0.25) is 0 Å². The maximum atomic E-state index is 13.5. The summed E-state index contributed by atoms with van der Waals surface area (Å²) in [5, 5.41) is 2.81. The maximum Gasteiger partial charge on any atom is 0.316 e. The second kappa shape index (κ2) is 9.71. The van der Waals surface area contributed by atoms with E-state index in [2.05, 4.69) is 5.32 Å². The predicted octanol–water partition coefficient (Wildman–Crippen LogP) is 4.91. The molecule has 3 aromatic carbocycles. The van der Waals surface area contributed by atoms with Crippen molar-refractivity contribution in [3.8, 4) is 0 Å². The molecule has 3 aromatic rings. The molecule has 0 radical (unpaired) electrons. The van der Waals surface area contributed by atoms with E-state index in [1.54, 1.807) is 42.5 Å². The number of nitrogens with one attached hydrogen (secondary N) is 1. The number of hydrogen-bond acceptors (Lipinski definition) is 4. The average molecular weight is 395 g/mol. The van der Waals surface area contributed by atoms with Crippen molar-refractivity contribution in [1.29, 1.82) is 0 Å². The molecule has 0 aliphatic carbocycles. The van der Waals surface area contributed by atoms with E-state index in [-0.39, 0.29) is 24.1 Å². The van der Waals surface area contributed by atoms with Gasteiger partial charge >= 0.3 is 5.97 Å². The molecule has 0 bridgehead atoms. The Morgan fingerprint density at radius 3 is 2.29 bits per heavy atom. The molecular formula is C22H18FNO3S. The number of para-hydroxylation sites is 1. The molecule has 0 heterocycles. The fraction of sp³-hybridized carbons (Fsp3) is 0.0909. The van der Waals surface area contributed by atoms with E-state index in [4.69, 9.17) is 4.74 Å². The fourth-order valence-electron chi connectivity index (χ4n) is 2.38. The van der Waals surface area contributed by atoms with Crippen LogP contribution in [0.25, 0.3) is 0 Å². The molecular weight excluding hydrogens is 377 g/mol. The van der Waals surface area contributed by atoms with E-state index < -0.39 is 5.97 Å². The zero-order valence-corrected chi connectivity index (χ0v) is 15.7. The summed E-state index contributed by atoms with van der Waals surface area (Å²) in [5.41, 5.74) is 1.99. The van der Waals surface area contributed by atoms with E-state index >= 15 is 0 Å². The van der Waals surface area contributed by atoms with Crippen LogP contribution in [-0.4, -0.2) is 17.6 Å². The van der Waals surface area contributed by atoms with Crippen LogP contribution in [0.5, 0.6) is 0 Å². The minimum Gasteiger partial charge on any atom is -0.460 e. The summed E-state index contributed by atoms with van der Waals surface area (Å²) in [6, 6.07) is 22.3. The molecule has 3 rings (SSSR count). The minimum atomic E-state index is -0.431. The van der Waals surface area contributed by atoms with Gasteiger partial charge in [-0.15, -0.1) is 11.8 Å². The summed E-state index contributed by atoms with van der Waals surface area (Å²) in [6.45, 7) is 0.0945. The van der Waals surface area contributed by atoms with Crippen molar-refractivity contribution in [2.75, 3.05) is 11.1 Å². The number of thioether (sulfide) groups is 1. The SMILES string of the molecule is O=C(CSc1ccccc1F)OCc1ccc(C(=O)Nc2ccccc2)cc1. The number of amides is 1. The normalized spacial score (nSPS) is 10.3. The number of carbonyl (C=O) groups excluding carboxylic acids is 2. The highest BCUT2D eigenvalue weighted by molar-refractivity contribution is 8.00. The monoisotopic (exact) mass is 395 g/mol. The van der Waals surface area contributed by atoms with Gasteiger partial charge in [0.2, 0.25) is 0 Å². The van der Waals surface area contributed by atoms with Crippen molar-refractivity contribution < 1.29 is 18.7 Å². The van der Waals surface area contributed by atoms with Gasteiger partial charge in [0.25, 0.3) is 5.91 Å². The average Bonchev–Trinajstić information content (AvgIpc) is 2.73. The lowest BCUT2D eigenvalue weighted by molar-refractivity contribution is -0.141. The van der Waals surface area contributed by atoms with E-state index in [1.165, 1.54) is 6.07 Å². The van der Waals surface area contributed by atoms with Gasteiger partial charge in [0.05, 0.1) is 5.75 Å². The lowest BCUT2D eigenvalue weighted by Gasteiger charge is -2.07. The molecule has 0 saturated heterocycles. The molecule has 0 aromatic heterocycles. The van der Waals surface area contributed by atoms with Crippen LogP contribution in [-0.2, 0) is 16.1 Å². The van der Waals surface area contributed by atoms with Crippen molar-refractivity contribution >= 4 is 29.3 Å². The highest BCUT2D eigenvalue weighted by Gasteiger charge is 2.09. The topological polar surface area (TPSA) is 55.4 Å². The first-order chi connectivity index (χ1) is 13.6. The summed E-state index contributed by atoms with van der Waals surface area (Å²) in [5.74, 6) is -0.974. The Hall–Kier alpha value is -3.12. The Morgan fingerprint density at radius 2 is 1.57 bits per heavy atom. The summed E-state index contributed by atoms with van der Waals surface area (Å²) < 4.78 is 18.7. The fourth-order valence-corrected chi connectivity index (χ4v) is 3.12. The Morgan fingerprint density at radius 1 is 0.893 bits per heavy atom. The number of rotatable bonds is 7. The largest absolute Gasteiger partial charge is 0.460 e. The second-order valence-electron chi connectivity index (χ2n) is 5.90. The first-order valence-electron chi connectivity index (χ1n) is 8.60. The van der Waals surface area contributed by atoms with Crippen LogP contribution in [0.15, 0.2) is 83.8 Å². The molecule has 0 fully saturated rings. The van der Waals surface area contributed by atoms with Gasteiger partial charge < -0.3 is 10.1 Å². The first kappa shape index (κ1) is 19.6. The molecule has 0 atom stereocenters. The molecule has 0 aliphatic heterocycles. The summed E-state index contributed by atoms with van der Waals surface area (Å²) in [7, 11) is 0. The summed E-state index contributed by atoms with van der Waals surface area (Å²) in [6.07, 6.45) is 0. The smallest absolute Gasteiger partial charge is 0.316 e. The Bertz CT molecular complexity index is 946. The molecule has 0 unspecified atom stereocenters. The van der Waals surface area contributed by atoms with Gasteiger partial charge in [-0.3, -0.25) is 9.59 Å². The number of benzene rings is 3. The number of carbonyl (C=O) groups is 2. The van der Waals surface area contributed by atoms with Crippen molar-refractivity contribution in [2.45, 2.75) is 11.5 Å². The molecule has 1 N–H and O–H groups in total. The quantitative estimate of drug-likeness (QED) is 0.456. The van der Waals surface area contributed by atoms with Gasteiger partial charge in [-0.25, -0.2) is 4.39 Å². The van der Waals surface area contributed by atoms with Crippen molar-refractivity contribution in [1.82, 2.24) is 0 Å². The maximum absolute atomic E-state index is 13.5. The predicted molar refractivity (Wildman–Crippen MR) is 108 cm³/mol. The number of anilines is 1. The van der Waals surface area contributed by atoms with Crippen molar-refractivity contribution in [3.05, 3.63) is 95.8 Å². The Labute approximate surface area is 166 Å². The molecule has 6 heteroatoms. The van der Waals surface area contributed by atoms with Crippen LogP contribution in [0.3, 0.4) is 0 Å². The third kappa shape index (κ3) is 5.69. The lowest BCUT2D eigenvalue weighted by atomic mass is 10.1. The molecule has 0 saturated carbocycles. The molecule has 1 amide bonds. The standard InChI is InChI=1S/C22H18FNO3S/c23-19-8-4-5-9-20(19)28-15-21(25)27-14-16-10-12-17(13-11-16)22(26)24-18-6-2-1-3-7-18/h1-13H,14-15H2,(H,24,26). The van der Waals surface area contributed by atoms with E-state index in [9.17, 15) is 14.0 Å². The van der Waals surface area contributed by atoms with Gasteiger partial charge in [-0.1, -0.05) is 42.5 Å². The number of hydrogen-bond donors (Lipinski definition) is 1. The van der Waals surface area contributed by atoms with E-state index in [0.717, 1.165) is 23.0 Å². The van der Waals surface area contributed by atoms with E-state index in [0.29, 0.717) is 10.5 Å². The lowest BCUT2D eigenvalue weighted by Crippen LogP contribution is -2.12. The van der Waals surface area contributed by atoms with Crippen LogP contribution in [0.1, 0.15) is 15.9 Å². The molecule has 28 heavy (non-hydrogen) atoms. The summed E-state index contributed by atoms with van der Waals surface area (Å²) in [4.78, 5) is 24.5. The zero-order valence-electron chi connectivity index (χ0n) is 14.9. The summed E-state index contributed by atoms with van der Waals surface area (Å²) >= 11 is 1.10.